The van der Waals surface area contributed by atoms with Crippen LogP contribution in [-0.2, 0) is 0 Å². The van der Waals surface area contributed by atoms with Gasteiger partial charge in [-0.3, -0.25) is 4.79 Å². The first-order chi connectivity index (χ1) is 14.5. The van der Waals surface area contributed by atoms with Crippen molar-refractivity contribution >= 4 is 23.1 Å². The van der Waals surface area contributed by atoms with Gasteiger partial charge in [0.05, 0.1) is 11.8 Å². The summed E-state index contributed by atoms with van der Waals surface area (Å²) in [6.07, 6.45) is -0.119. The number of carbonyl (C=O) groups excluding carboxylic acids is 1. The van der Waals surface area contributed by atoms with E-state index in [0.717, 1.165) is 22.4 Å². The van der Waals surface area contributed by atoms with E-state index in [2.05, 4.69) is 31.2 Å². The Bertz CT molecular complexity index is 1150. The Morgan fingerprint density at radius 1 is 1.00 bits per heavy atom. The molecule has 150 valence electrons. The molecule has 0 spiro atoms. The SMILES string of the molecule is Cc1ccc(C(=O)[C@H]2Oc3ccc(Cl)cc3[C@H]3CC(c4ccc(C)cc4)=NN23)cc1. The number of ketones is 1. The highest BCUT2D eigenvalue weighted by atomic mass is 35.5. The lowest BCUT2D eigenvalue weighted by molar-refractivity contribution is -0.00455. The Morgan fingerprint density at radius 2 is 1.67 bits per heavy atom. The molecule has 5 heteroatoms. The average molecular weight is 417 g/mol. The summed E-state index contributed by atoms with van der Waals surface area (Å²) in [5, 5.41) is 7.29. The molecule has 4 nitrogen and oxygen atoms in total. The Labute approximate surface area is 180 Å². The highest BCUT2D eigenvalue weighted by molar-refractivity contribution is 6.30. The van der Waals surface area contributed by atoms with Crippen molar-refractivity contribution in [3.05, 3.63) is 99.6 Å². The summed E-state index contributed by atoms with van der Waals surface area (Å²) < 4.78 is 6.16. The van der Waals surface area contributed by atoms with Gasteiger partial charge in [0.15, 0.2) is 0 Å². The number of hydrogen-bond acceptors (Lipinski definition) is 4. The Balaban J connectivity index is 1.57. The zero-order valence-electron chi connectivity index (χ0n) is 16.8. The van der Waals surface area contributed by atoms with Crippen LogP contribution in [0.25, 0.3) is 0 Å². The van der Waals surface area contributed by atoms with Crippen LogP contribution in [0, 0.1) is 13.8 Å². The molecule has 0 aliphatic carbocycles. The first kappa shape index (κ1) is 18.9. The van der Waals surface area contributed by atoms with Gasteiger partial charge in [0.1, 0.15) is 5.75 Å². The number of rotatable bonds is 3. The van der Waals surface area contributed by atoms with Gasteiger partial charge in [0.25, 0.3) is 6.23 Å². The molecule has 2 heterocycles. The molecule has 0 saturated carbocycles. The van der Waals surface area contributed by atoms with Crippen molar-refractivity contribution in [2.24, 2.45) is 5.10 Å². The average Bonchev–Trinajstić information content (AvgIpc) is 3.19. The number of hydrazone groups is 1. The number of nitrogens with zero attached hydrogens (tertiary/aromatic N) is 2. The van der Waals surface area contributed by atoms with Crippen LogP contribution in [0.2, 0.25) is 5.02 Å². The molecular weight excluding hydrogens is 396 g/mol. The van der Waals surface area contributed by atoms with Gasteiger partial charge < -0.3 is 4.74 Å². The van der Waals surface area contributed by atoms with Gasteiger partial charge in [-0.15, -0.1) is 0 Å². The molecule has 0 fully saturated rings. The zero-order chi connectivity index (χ0) is 20.8. The Hall–Kier alpha value is -3.11. The predicted molar refractivity (Wildman–Crippen MR) is 118 cm³/mol. The molecular formula is C25H21ClN2O2. The van der Waals surface area contributed by atoms with Gasteiger partial charge in [0, 0.05) is 22.6 Å². The lowest BCUT2D eigenvalue weighted by Gasteiger charge is -2.37. The molecule has 0 aromatic heterocycles. The molecule has 0 bridgehead atoms. The maximum absolute atomic E-state index is 13.4. The first-order valence-electron chi connectivity index (χ1n) is 9.99. The van der Waals surface area contributed by atoms with Crippen LogP contribution < -0.4 is 4.74 Å². The van der Waals surface area contributed by atoms with Crippen LogP contribution >= 0.6 is 11.6 Å². The summed E-state index contributed by atoms with van der Waals surface area (Å²) in [6, 6.07) is 21.3. The largest absolute Gasteiger partial charge is 0.461 e. The minimum absolute atomic E-state index is 0.0943. The van der Waals surface area contributed by atoms with E-state index in [1.54, 1.807) is 11.1 Å². The fraction of sp³-hybridized carbons (Fsp3) is 0.200. The molecule has 0 radical (unpaired) electrons. The molecule has 2 aliphatic heterocycles. The van der Waals surface area contributed by atoms with Crippen molar-refractivity contribution < 1.29 is 9.53 Å². The second-order valence-corrected chi connectivity index (χ2v) is 8.33. The second-order valence-electron chi connectivity index (χ2n) is 7.90. The van der Waals surface area contributed by atoms with Gasteiger partial charge in [-0.25, -0.2) is 5.01 Å². The fourth-order valence-corrected chi connectivity index (χ4v) is 4.19. The van der Waals surface area contributed by atoms with Crippen LogP contribution in [0.4, 0.5) is 0 Å². The Kier molecular flexibility index (Phi) is 4.59. The summed E-state index contributed by atoms with van der Waals surface area (Å²) in [7, 11) is 0. The number of Topliss-reactive ketones (excluding diaryl/α,β-unsaturated/α-hetero) is 1. The van der Waals surface area contributed by atoms with Crippen molar-refractivity contribution in [1.82, 2.24) is 5.01 Å². The molecule has 3 aromatic carbocycles. The lowest BCUT2D eigenvalue weighted by atomic mass is 9.95. The number of fused-ring (bicyclic) bond motifs is 3. The number of ether oxygens (including phenoxy) is 1. The smallest absolute Gasteiger partial charge is 0.251 e. The monoisotopic (exact) mass is 416 g/mol. The van der Waals surface area contributed by atoms with E-state index >= 15 is 0 Å². The van der Waals surface area contributed by atoms with E-state index in [4.69, 9.17) is 21.4 Å². The second kappa shape index (κ2) is 7.29. The van der Waals surface area contributed by atoms with Crippen LogP contribution in [0.1, 0.15) is 45.1 Å². The maximum Gasteiger partial charge on any atom is 0.251 e. The number of aryl methyl sites for hydroxylation is 2. The molecule has 0 N–H and O–H groups in total. The minimum Gasteiger partial charge on any atom is -0.461 e. The highest BCUT2D eigenvalue weighted by Gasteiger charge is 2.43. The van der Waals surface area contributed by atoms with E-state index in [0.29, 0.717) is 22.8 Å². The van der Waals surface area contributed by atoms with Crippen molar-refractivity contribution in [2.45, 2.75) is 32.5 Å². The summed E-state index contributed by atoms with van der Waals surface area (Å²) in [5.74, 6) is 0.584. The third-order valence-electron chi connectivity index (χ3n) is 5.70. The van der Waals surface area contributed by atoms with E-state index in [-0.39, 0.29) is 11.8 Å². The van der Waals surface area contributed by atoms with Crippen molar-refractivity contribution in [2.75, 3.05) is 0 Å². The van der Waals surface area contributed by atoms with Crippen LogP contribution in [0.3, 0.4) is 0 Å². The Morgan fingerprint density at radius 3 is 2.37 bits per heavy atom. The molecule has 2 atom stereocenters. The van der Waals surface area contributed by atoms with E-state index in [1.165, 1.54) is 5.56 Å². The topological polar surface area (TPSA) is 41.9 Å². The predicted octanol–water partition coefficient (Wildman–Crippen LogP) is 5.71. The van der Waals surface area contributed by atoms with Gasteiger partial charge in [-0.1, -0.05) is 71.3 Å². The maximum atomic E-state index is 13.4. The molecule has 2 aliphatic rings. The molecule has 0 amide bonds. The third kappa shape index (κ3) is 3.27. The molecule has 0 unspecified atom stereocenters. The molecule has 3 aromatic rings. The van der Waals surface area contributed by atoms with Gasteiger partial charge in [-0.05, 0) is 37.6 Å². The van der Waals surface area contributed by atoms with Crippen molar-refractivity contribution in [1.29, 1.82) is 0 Å². The standard InChI is InChI=1S/C25H21ClN2O2/c1-15-3-7-17(8-4-15)21-14-22-20-13-19(26)11-12-23(20)30-25(28(22)27-21)24(29)18-9-5-16(2)6-10-18/h3-13,22,25H,14H2,1-2H3/t22-,25-/m1/s1. The van der Waals surface area contributed by atoms with Gasteiger partial charge in [-0.2, -0.15) is 5.10 Å². The van der Waals surface area contributed by atoms with Crippen molar-refractivity contribution in [3.63, 3.8) is 0 Å². The molecule has 5 rings (SSSR count). The lowest BCUT2D eigenvalue weighted by Crippen LogP contribution is -2.45. The van der Waals surface area contributed by atoms with Gasteiger partial charge >= 0.3 is 0 Å². The summed E-state index contributed by atoms with van der Waals surface area (Å²) >= 11 is 6.27. The number of hydrogen-bond donors (Lipinski definition) is 0. The summed E-state index contributed by atoms with van der Waals surface area (Å²) in [4.78, 5) is 13.4. The first-order valence-corrected chi connectivity index (χ1v) is 10.4. The number of carbonyl (C=O) groups is 1. The van der Waals surface area contributed by atoms with Crippen LogP contribution in [0.5, 0.6) is 5.75 Å². The normalized spacial score (nSPS) is 19.6. The minimum atomic E-state index is -0.811. The van der Waals surface area contributed by atoms with Crippen LogP contribution in [0.15, 0.2) is 71.8 Å². The van der Waals surface area contributed by atoms with E-state index in [9.17, 15) is 4.79 Å². The number of benzene rings is 3. The fourth-order valence-electron chi connectivity index (χ4n) is 4.01. The molecule has 0 saturated heterocycles. The third-order valence-corrected chi connectivity index (χ3v) is 5.93. The molecule has 30 heavy (non-hydrogen) atoms. The summed E-state index contributed by atoms with van der Waals surface area (Å²) in [6.45, 7) is 4.06. The van der Waals surface area contributed by atoms with Crippen molar-refractivity contribution in [3.8, 4) is 5.75 Å². The van der Waals surface area contributed by atoms with E-state index in [1.807, 2.05) is 43.3 Å². The number of halogens is 1. The van der Waals surface area contributed by atoms with Crippen LogP contribution in [-0.4, -0.2) is 22.7 Å². The quantitative estimate of drug-likeness (QED) is 0.513. The summed E-state index contributed by atoms with van der Waals surface area (Å²) in [5.41, 5.74) is 5.87. The zero-order valence-corrected chi connectivity index (χ0v) is 17.6. The highest BCUT2D eigenvalue weighted by Crippen LogP contribution is 2.44. The van der Waals surface area contributed by atoms with E-state index < -0.39 is 6.23 Å². The van der Waals surface area contributed by atoms with Gasteiger partial charge in [0.2, 0.25) is 5.78 Å².